The first-order valence-corrected chi connectivity index (χ1v) is 7.62. The summed E-state index contributed by atoms with van der Waals surface area (Å²) >= 11 is 3.45. The van der Waals surface area contributed by atoms with E-state index in [9.17, 15) is 4.21 Å². The van der Waals surface area contributed by atoms with Crippen LogP contribution in [0.4, 0.5) is 11.4 Å². The van der Waals surface area contributed by atoms with Gasteiger partial charge in [-0.15, -0.1) is 0 Å². The highest BCUT2D eigenvalue weighted by Crippen LogP contribution is 2.25. The summed E-state index contributed by atoms with van der Waals surface area (Å²) in [5.41, 5.74) is 7.41. The lowest BCUT2D eigenvalue weighted by atomic mass is 10.2. The van der Waals surface area contributed by atoms with Crippen molar-refractivity contribution in [3.63, 3.8) is 0 Å². The molecule has 90 valence electrons. The van der Waals surface area contributed by atoms with Crippen molar-refractivity contribution in [1.29, 1.82) is 0 Å². The summed E-state index contributed by atoms with van der Waals surface area (Å²) in [7, 11) is -0.725. The van der Waals surface area contributed by atoms with E-state index >= 15 is 0 Å². The lowest BCUT2D eigenvalue weighted by molar-refractivity contribution is 0.678. The zero-order chi connectivity index (χ0) is 12.1. The SMILES string of the molecule is CC(CCS(C)=O)Nc1ccc(N)cc1Br. The van der Waals surface area contributed by atoms with Gasteiger partial charge in [0.1, 0.15) is 0 Å². The van der Waals surface area contributed by atoms with Crippen molar-refractivity contribution in [3.8, 4) is 0 Å². The number of anilines is 2. The normalized spacial score (nSPS) is 14.4. The molecule has 0 saturated heterocycles. The maximum atomic E-state index is 11.0. The van der Waals surface area contributed by atoms with Gasteiger partial charge >= 0.3 is 0 Å². The van der Waals surface area contributed by atoms with Crippen LogP contribution in [0.2, 0.25) is 0 Å². The number of nitrogens with one attached hydrogen (secondary N) is 1. The Morgan fingerprint density at radius 3 is 2.81 bits per heavy atom. The summed E-state index contributed by atoms with van der Waals surface area (Å²) in [5, 5.41) is 3.36. The van der Waals surface area contributed by atoms with Crippen molar-refractivity contribution in [1.82, 2.24) is 0 Å². The van der Waals surface area contributed by atoms with Gasteiger partial charge in [-0.3, -0.25) is 4.21 Å². The molecule has 1 aromatic rings. The van der Waals surface area contributed by atoms with Crippen LogP contribution in [-0.4, -0.2) is 22.3 Å². The standard InChI is InChI=1S/C11H17BrN2OS/c1-8(5-6-16(2)15)14-11-4-3-9(13)7-10(11)12/h3-4,7-8,14H,5-6,13H2,1-2H3. The van der Waals surface area contributed by atoms with Crippen molar-refractivity contribution < 1.29 is 4.21 Å². The summed E-state index contributed by atoms with van der Waals surface area (Å²) in [5.74, 6) is 0.723. The molecule has 1 rings (SSSR count). The molecule has 0 amide bonds. The van der Waals surface area contributed by atoms with Gasteiger partial charge in [0.25, 0.3) is 0 Å². The Morgan fingerprint density at radius 2 is 2.25 bits per heavy atom. The molecule has 2 atom stereocenters. The van der Waals surface area contributed by atoms with E-state index in [0.717, 1.165) is 28.0 Å². The number of hydrogen-bond acceptors (Lipinski definition) is 3. The highest BCUT2D eigenvalue weighted by Gasteiger charge is 2.06. The first kappa shape index (κ1) is 13.5. The largest absolute Gasteiger partial charge is 0.399 e. The molecule has 0 aliphatic heterocycles. The molecule has 2 unspecified atom stereocenters. The fourth-order valence-corrected chi connectivity index (χ4v) is 2.53. The van der Waals surface area contributed by atoms with Gasteiger partial charge in [-0.05, 0) is 47.5 Å². The molecule has 0 aliphatic carbocycles. The summed E-state index contributed by atoms with van der Waals surface area (Å²) in [6.07, 6.45) is 2.62. The molecule has 3 nitrogen and oxygen atoms in total. The van der Waals surface area contributed by atoms with Crippen LogP contribution in [0.25, 0.3) is 0 Å². The summed E-state index contributed by atoms with van der Waals surface area (Å²) in [6.45, 7) is 2.08. The van der Waals surface area contributed by atoms with E-state index in [1.54, 1.807) is 6.26 Å². The second-order valence-electron chi connectivity index (χ2n) is 3.85. The number of nitrogen functional groups attached to an aromatic ring is 1. The summed E-state index contributed by atoms with van der Waals surface area (Å²) in [6, 6.07) is 5.97. The van der Waals surface area contributed by atoms with Gasteiger partial charge in [0.2, 0.25) is 0 Å². The zero-order valence-electron chi connectivity index (χ0n) is 9.50. The van der Waals surface area contributed by atoms with Crippen LogP contribution in [0.15, 0.2) is 22.7 Å². The van der Waals surface area contributed by atoms with Gasteiger partial charge in [0.05, 0.1) is 0 Å². The average molecular weight is 305 g/mol. The highest BCUT2D eigenvalue weighted by atomic mass is 79.9. The molecule has 0 bridgehead atoms. The van der Waals surface area contributed by atoms with E-state index in [4.69, 9.17) is 5.73 Å². The van der Waals surface area contributed by atoms with Gasteiger partial charge < -0.3 is 11.1 Å². The van der Waals surface area contributed by atoms with Crippen LogP contribution in [0, 0.1) is 0 Å². The minimum Gasteiger partial charge on any atom is -0.399 e. The minimum atomic E-state index is -0.725. The second kappa shape index (κ2) is 6.25. The third-order valence-electron chi connectivity index (χ3n) is 2.23. The van der Waals surface area contributed by atoms with Crippen LogP contribution in [0.5, 0.6) is 0 Å². The van der Waals surface area contributed by atoms with E-state index < -0.39 is 10.8 Å². The number of halogens is 1. The van der Waals surface area contributed by atoms with Crippen LogP contribution < -0.4 is 11.1 Å². The predicted octanol–water partition coefficient (Wildman–Crippen LogP) is 2.60. The second-order valence-corrected chi connectivity index (χ2v) is 6.26. The van der Waals surface area contributed by atoms with E-state index in [-0.39, 0.29) is 0 Å². The van der Waals surface area contributed by atoms with Gasteiger partial charge in [0.15, 0.2) is 0 Å². The van der Waals surface area contributed by atoms with Gasteiger partial charge in [-0.1, -0.05) is 0 Å². The molecule has 5 heteroatoms. The fourth-order valence-electron chi connectivity index (χ4n) is 1.33. The molecule has 0 heterocycles. The third kappa shape index (κ3) is 4.53. The maximum Gasteiger partial charge on any atom is 0.0488 e. The zero-order valence-corrected chi connectivity index (χ0v) is 11.9. The molecule has 0 spiro atoms. The van der Waals surface area contributed by atoms with Crippen molar-refractivity contribution in [2.45, 2.75) is 19.4 Å². The first-order valence-electron chi connectivity index (χ1n) is 5.10. The summed E-state index contributed by atoms with van der Waals surface area (Å²) < 4.78 is 11.9. The van der Waals surface area contributed by atoms with Crippen molar-refractivity contribution in [3.05, 3.63) is 22.7 Å². The molecule has 0 aromatic heterocycles. The molecule has 0 radical (unpaired) electrons. The molecule has 3 N–H and O–H groups in total. The quantitative estimate of drug-likeness (QED) is 0.822. The third-order valence-corrected chi connectivity index (χ3v) is 3.70. The van der Waals surface area contributed by atoms with E-state index in [1.807, 2.05) is 18.2 Å². The Labute approximate surface area is 107 Å². The molecule has 0 fully saturated rings. The maximum absolute atomic E-state index is 11.0. The Balaban J connectivity index is 2.55. The smallest absolute Gasteiger partial charge is 0.0488 e. The average Bonchev–Trinajstić information content (AvgIpc) is 2.19. The number of hydrogen-bond donors (Lipinski definition) is 2. The van der Waals surface area contributed by atoms with Crippen LogP contribution >= 0.6 is 15.9 Å². The van der Waals surface area contributed by atoms with Crippen LogP contribution in [-0.2, 0) is 10.8 Å². The molecule has 0 aliphatic rings. The molecule has 0 saturated carbocycles. The molecular weight excluding hydrogens is 288 g/mol. The molecule has 1 aromatic carbocycles. The Bertz CT molecular complexity index is 384. The van der Waals surface area contributed by atoms with Gasteiger partial charge in [-0.2, -0.15) is 0 Å². The van der Waals surface area contributed by atoms with Gasteiger partial charge in [0, 0.05) is 44.7 Å². The Hall–Kier alpha value is -0.550. The topological polar surface area (TPSA) is 55.1 Å². The molecular formula is C11H17BrN2OS. The minimum absolute atomic E-state index is 0.295. The van der Waals surface area contributed by atoms with Gasteiger partial charge in [-0.25, -0.2) is 0 Å². The molecule has 16 heavy (non-hydrogen) atoms. The fraction of sp³-hybridized carbons (Fsp3) is 0.455. The van der Waals surface area contributed by atoms with E-state index in [1.165, 1.54) is 0 Å². The van der Waals surface area contributed by atoms with Crippen molar-refractivity contribution in [2.75, 3.05) is 23.1 Å². The monoisotopic (exact) mass is 304 g/mol. The van der Waals surface area contributed by atoms with Crippen LogP contribution in [0.3, 0.4) is 0 Å². The number of benzene rings is 1. The van der Waals surface area contributed by atoms with Crippen molar-refractivity contribution in [2.24, 2.45) is 0 Å². The number of nitrogens with two attached hydrogens (primary N) is 1. The van der Waals surface area contributed by atoms with E-state index in [2.05, 4.69) is 28.2 Å². The van der Waals surface area contributed by atoms with E-state index in [0.29, 0.717) is 6.04 Å². The van der Waals surface area contributed by atoms with Crippen molar-refractivity contribution >= 4 is 38.1 Å². The Kier molecular flexibility index (Phi) is 5.28. The number of rotatable bonds is 5. The summed E-state index contributed by atoms with van der Waals surface area (Å²) in [4.78, 5) is 0. The first-order chi connectivity index (χ1) is 7.49. The van der Waals surface area contributed by atoms with Crippen LogP contribution in [0.1, 0.15) is 13.3 Å². The predicted molar refractivity (Wildman–Crippen MR) is 75.2 cm³/mol. The Morgan fingerprint density at radius 1 is 1.56 bits per heavy atom. The lowest BCUT2D eigenvalue weighted by Crippen LogP contribution is -2.18. The highest BCUT2D eigenvalue weighted by molar-refractivity contribution is 9.10. The lowest BCUT2D eigenvalue weighted by Gasteiger charge is -2.16.